The second-order valence-electron chi connectivity index (χ2n) is 13.5. The highest BCUT2D eigenvalue weighted by atomic mass is 19.1. The normalized spacial score (nSPS) is 14.7. The SMILES string of the molecule is CC1(C)c2c(F)cc(F)cc2-c2c1c1c(c3ccccc23)OC(c2ccc(Oc3ccccc3)cc2)(c2ccc(Oc3ccccc3)cc2)C=C1. The number of ether oxygens (including phenoxy) is 3. The Hall–Kier alpha value is -6.20. The molecule has 0 radical (unpaired) electrons. The van der Waals surface area contributed by atoms with Crippen molar-refractivity contribution < 1.29 is 23.0 Å². The quantitative estimate of drug-likeness (QED) is 0.176. The highest BCUT2D eigenvalue weighted by Gasteiger charge is 2.45. The van der Waals surface area contributed by atoms with E-state index in [-0.39, 0.29) is 0 Å². The van der Waals surface area contributed by atoms with E-state index in [0.717, 1.165) is 56.2 Å². The molecule has 0 N–H and O–H groups in total. The summed E-state index contributed by atoms with van der Waals surface area (Å²) in [4.78, 5) is 0. The molecule has 7 aromatic rings. The lowest BCUT2D eigenvalue weighted by atomic mass is 9.76. The zero-order chi connectivity index (χ0) is 34.7. The predicted octanol–water partition coefficient (Wildman–Crippen LogP) is 12.4. The number of hydrogen-bond acceptors (Lipinski definition) is 3. The van der Waals surface area contributed by atoms with E-state index in [1.54, 1.807) is 0 Å². The molecule has 0 saturated heterocycles. The first-order chi connectivity index (χ1) is 24.8. The van der Waals surface area contributed by atoms with Gasteiger partial charge in [0, 0.05) is 39.1 Å². The van der Waals surface area contributed by atoms with Crippen LogP contribution in [-0.2, 0) is 11.0 Å². The van der Waals surface area contributed by atoms with Crippen molar-refractivity contribution in [2.75, 3.05) is 0 Å². The van der Waals surface area contributed by atoms with E-state index < -0.39 is 22.7 Å². The van der Waals surface area contributed by atoms with Gasteiger partial charge in [-0.2, -0.15) is 0 Å². The number of halogens is 2. The van der Waals surface area contributed by atoms with Gasteiger partial charge in [0.2, 0.25) is 0 Å². The molecule has 1 aliphatic carbocycles. The average molecular weight is 671 g/mol. The minimum absolute atomic E-state index is 0.491. The summed E-state index contributed by atoms with van der Waals surface area (Å²) in [7, 11) is 0. The van der Waals surface area contributed by atoms with E-state index in [2.05, 4.69) is 12.2 Å². The molecule has 0 unspecified atom stereocenters. The monoisotopic (exact) mass is 670 g/mol. The van der Waals surface area contributed by atoms with E-state index in [0.29, 0.717) is 28.4 Å². The van der Waals surface area contributed by atoms with Gasteiger partial charge in [0.15, 0.2) is 5.60 Å². The molecule has 0 atom stereocenters. The molecule has 0 amide bonds. The van der Waals surface area contributed by atoms with Gasteiger partial charge in [-0.3, -0.25) is 0 Å². The van der Waals surface area contributed by atoms with E-state index in [4.69, 9.17) is 14.2 Å². The minimum Gasteiger partial charge on any atom is -0.472 e. The Labute approximate surface area is 295 Å². The van der Waals surface area contributed by atoms with Crippen LogP contribution in [0.2, 0.25) is 0 Å². The predicted molar refractivity (Wildman–Crippen MR) is 198 cm³/mol. The van der Waals surface area contributed by atoms with Crippen LogP contribution in [0.15, 0.2) is 152 Å². The highest BCUT2D eigenvalue weighted by molar-refractivity contribution is 6.08. The maximum atomic E-state index is 15.6. The van der Waals surface area contributed by atoms with Crippen LogP contribution < -0.4 is 14.2 Å². The lowest BCUT2D eigenvalue weighted by molar-refractivity contribution is 0.163. The Morgan fingerprint density at radius 3 is 1.63 bits per heavy atom. The average Bonchev–Trinajstić information content (AvgIpc) is 3.39. The third-order valence-electron chi connectivity index (χ3n) is 10.1. The third kappa shape index (κ3) is 4.99. The first-order valence-corrected chi connectivity index (χ1v) is 17.0. The van der Waals surface area contributed by atoms with Crippen LogP contribution >= 0.6 is 0 Å². The van der Waals surface area contributed by atoms with Gasteiger partial charge < -0.3 is 14.2 Å². The fourth-order valence-electron chi connectivity index (χ4n) is 7.82. The van der Waals surface area contributed by atoms with Gasteiger partial charge in [0.25, 0.3) is 0 Å². The van der Waals surface area contributed by atoms with E-state index in [1.807, 2.05) is 147 Å². The Kier molecular flexibility index (Phi) is 7.07. The van der Waals surface area contributed by atoms with Crippen molar-refractivity contribution in [3.8, 4) is 39.9 Å². The lowest BCUT2D eigenvalue weighted by Gasteiger charge is -2.38. The second kappa shape index (κ2) is 11.7. The lowest BCUT2D eigenvalue weighted by Crippen LogP contribution is -2.35. The molecule has 1 aliphatic heterocycles. The maximum Gasteiger partial charge on any atom is 0.178 e. The second-order valence-corrected chi connectivity index (χ2v) is 13.5. The molecular weight excluding hydrogens is 638 g/mol. The Balaban J connectivity index is 1.22. The first-order valence-electron chi connectivity index (χ1n) is 17.0. The van der Waals surface area contributed by atoms with E-state index in [9.17, 15) is 4.39 Å². The molecule has 2 aliphatic rings. The van der Waals surface area contributed by atoms with Crippen LogP contribution in [0.1, 0.15) is 41.7 Å². The van der Waals surface area contributed by atoms with Crippen molar-refractivity contribution in [1.29, 1.82) is 0 Å². The molecule has 0 spiro atoms. The summed E-state index contributed by atoms with van der Waals surface area (Å²) < 4.78 is 50.1. The summed E-state index contributed by atoms with van der Waals surface area (Å²) in [6.45, 7) is 4.00. The molecule has 0 aromatic heterocycles. The number of para-hydroxylation sites is 2. The van der Waals surface area contributed by atoms with E-state index >= 15 is 4.39 Å². The Morgan fingerprint density at radius 1 is 0.549 bits per heavy atom. The molecule has 3 nitrogen and oxygen atoms in total. The molecule has 0 saturated carbocycles. The molecule has 1 heterocycles. The van der Waals surface area contributed by atoms with Crippen LogP contribution in [0, 0.1) is 11.6 Å². The molecule has 0 bridgehead atoms. The zero-order valence-electron chi connectivity index (χ0n) is 28.0. The van der Waals surface area contributed by atoms with Crippen molar-refractivity contribution in [2.24, 2.45) is 0 Å². The molecule has 0 fully saturated rings. The number of fused-ring (bicyclic) bond motifs is 8. The number of rotatable bonds is 6. The van der Waals surface area contributed by atoms with Gasteiger partial charge in [0.1, 0.15) is 40.4 Å². The Bertz CT molecular complexity index is 2380. The molecule has 51 heavy (non-hydrogen) atoms. The van der Waals surface area contributed by atoms with Gasteiger partial charge in [-0.1, -0.05) is 105 Å². The minimum atomic E-state index is -1.05. The molecule has 248 valence electrons. The molecule has 9 rings (SSSR count). The first kappa shape index (κ1) is 30.8. The van der Waals surface area contributed by atoms with Crippen LogP contribution in [-0.4, -0.2) is 0 Å². The summed E-state index contributed by atoms with van der Waals surface area (Å²) in [5.41, 5.74) is 3.67. The van der Waals surface area contributed by atoms with Crippen molar-refractivity contribution in [3.05, 3.63) is 191 Å². The van der Waals surface area contributed by atoms with Crippen molar-refractivity contribution in [2.45, 2.75) is 24.9 Å². The van der Waals surface area contributed by atoms with Crippen LogP contribution in [0.5, 0.6) is 28.7 Å². The Morgan fingerprint density at radius 2 is 1.06 bits per heavy atom. The fraction of sp³-hybridized carbons (Fsp3) is 0.0870. The van der Waals surface area contributed by atoms with E-state index in [1.165, 1.54) is 6.07 Å². The summed E-state index contributed by atoms with van der Waals surface area (Å²) in [5, 5.41) is 1.74. The van der Waals surface area contributed by atoms with Gasteiger partial charge in [-0.25, -0.2) is 8.78 Å². The summed E-state index contributed by atoms with van der Waals surface area (Å²) in [6.07, 6.45) is 4.16. The zero-order valence-corrected chi connectivity index (χ0v) is 28.0. The van der Waals surface area contributed by atoms with Crippen LogP contribution in [0.3, 0.4) is 0 Å². The van der Waals surface area contributed by atoms with Crippen molar-refractivity contribution in [1.82, 2.24) is 0 Å². The fourth-order valence-corrected chi connectivity index (χ4v) is 7.82. The smallest absolute Gasteiger partial charge is 0.178 e. The molecule has 5 heteroatoms. The standard InChI is InChI=1S/C46H32F2O3/c1-45(2)42-39(27-31(47)28-40(42)48)41-36-15-9-10-16-37(36)44-38(43(41)45)25-26-46(51-44,29-17-21-34(22-18-29)49-32-11-5-3-6-12-32)30-19-23-35(24-20-30)50-33-13-7-4-8-14-33/h3-28H,1-2H3. The van der Waals surface area contributed by atoms with Gasteiger partial charge >= 0.3 is 0 Å². The largest absolute Gasteiger partial charge is 0.472 e. The number of benzene rings is 7. The molecular formula is C46H32F2O3. The van der Waals surface area contributed by atoms with Crippen molar-refractivity contribution >= 4 is 16.8 Å². The van der Waals surface area contributed by atoms with Crippen LogP contribution in [0.25, 0.3) is 28.0 Å². The summed E-state index contributed by atoms with van der Waals surface area (Å²) in [6, 6.07) is 45.6. The van der Waals surface area contributed by atoms with Gasteiger partial charge in [-0.05, 0) is 82.7 Å². The number of hydrogen-bond donors (Lipinski definition) is 0. The summed E-state index contributed by atoms with van der Waals surface area (Å²) >= 11 is 0. The maximum absolute atomic E-state index is 15.6. The van der Waals surface area contributed by atoms with Crippen molar-refractivity contribution in [3.63, 3.8) is 0 Å². The van der Waals surface area contributed by atoms with Gasteiger partial charge in [-0.15, -0.1) is 0 Å². The molecule has 7 aromatic carbocycles. The van der Waals surface area contributed by atoms with Gasteiger partial charge in [0.05, 0.1) is 0 Å². The summed E-state index contributed by atoms with van der Waals surface area (Å²) in [5.74, 6) is 2.43. The topological polar surface area (TPSA) is 27.7 Å². The van der Waals surface area contributed by atoms with Crippen LogP contribution in [0.4, 0.5) is 8.78 Å². The third-order valence-corrected chi connectivity index (χ3v) is 10.1. The highest BCUT2D eigenvalue weighted by Crippen LogP contribution is 2.58.